The molecule has 0 saturated carbocycles. The minimum Gasteiger partial charge on any atom is -0.508 e. The van der Waals surface area contributed by atoms with Gasteiger partial charge in [0.2, 0.25) is 0 Å². The fourth-order valence-electron chi connectivity index (χ4n) is 1.46. The first-order valence-electron chi connectivity index (χ1n) is 4.75. The molecule has 0 bridgehead atoms. The van der Waals surface area contributed by atoms with Crippen LogP contribution in [0.15, 0.2) is 36.7 Å². The summed E-state index contributed by atoms with van der Waals surface area (Å²) in [5.74, 6) is 0.854. The van der Waals surface area contributed by atoms with Gasteiger partial charge in [0.15, 0.2) is 5.82 Å². The van der Waals surface area contributed by atoms with Gasteiger partial charge in [0, 0.05) is 18.9 Å². The van der Waals surface area contributed by atoms with Gasteiger partial charge in [-0.2, -0.15) is 0 Å². The first-order valence-corrected chi connectivity index (χ1v) is 5.16. The lowest BCUT2D eigenvalue weighted by Crippen LogP contribution is -2.17. The van der Waals surface area contributed by atoms with Gasteiger partial charge in [-0.1, -0.05) is 24.4 Å². The van der Waals surface area contributed by atoms with Crippen LogP contribution in [-0.4, -0.2) is 19.6 Å². The van der Waals surface area contributed by atoms with Gasteiger partial charge in [0.05, 0.1) is 0 Å². The zero-order valence-electron chi connectivity index (χ0n) is 8.50. The van der Waals surface area contributed by atoms with Crippen LogP contribution in [-0.2, 0) is 6.54 Å². The van der Waals surface area contributed by atoms with E-state index >= 15 is 0 Å². The topological polar surface area (TPSA) is 64.1 Å². The van der Waals surface area contributed by atoms with Crippen molar-refractivity contribution in [2.75, 3.05) is 0 Å². The van der Waals surface area contributed by atoms with Crippen molar-refractivity contribution in [3.8, 4) is 5.75 Å². The fourth-order valence-corrected chi connectivity index (χ4v) is 1.63. The predicted octanol–water partition coefficient (Wildman–Crippen LogP) is 1.27. The fraction of sp³-hybridized carbons (Fsp3) is 0.0909. The Kier molecular flexibility index (Phi) is 2.87. The second kappa shape index (κ2) is 4.32. The van der Waals surface area contributed by atoms with E-state index in [4.69, 9.17) is 23.1 Å². The van der Waals surface area contributed by atoms with Gasteiger partial charge in [0.25, 0.3) is 0 Å². The standard InChI is InChI=1S/C11H11N3OS/c12-10(16)11-13-5-6-14(11)7-8-1-3-9(15)4-2-8/h1-6,15H,7H2,(H2,12,16). The highest BCUT2D eigenvalue weighted by molar-refractivity contribution is 7.80. The number of nitrogens with two attached hydrogens (primary N) is 1. The van der Waals surface area contributed by atoms with Crippen molar-refractivity contribution >= 4 is 17.2 Å². The maximum absolute atomic E-state index is 9.17. The van der Waals surface area contributed by atoms with Crippen molar-refractivity contribution in [3.63, 3.8) is 0 Å². The molecule has 82 valence electrons. The highest BCUT2D eigenvalue weighted by atomic mass is 32.1. The van der Waals surface area contributed by atoms with E-state index in [1.165, 1.54) is 0 Å². The van der Waals surface area contributed by atoms with Crippen LogP contribution >= 0.6 is 12.2 Å². The van der Waals surface area contributed by atoms with Gasteiger partial charge in [0.1, 0.15) is 10.7 Å². The Hall–Kier alpha value is -1.88. The monoisotopic (exact) mass is 233 g/mol. The molecule has 0 aliphatic heterocycles. The molecule has 0 aliphatic carbocycles. The number of aromatic hydroxyl groups is 1. The third-order valence-corrected chi connectivity index (χ3v) is 2.41. The predicted molar refractivity (Wildman–Crippen MR) is 65.3 cm³/mol. The molecule has 2 rings (SSSR count). The summed E-state index contributed by atoms with van der Waals surface area (Å²) in [4.78, 5) is 4.36. The van der Waals surface area contributed by atoms with Crippen LogP contribution in [0.1, 0.15) is 11.4 Å². The average Bonchev–Trinajstić information content (AvgIpc) is 2.69. The lowest BCUT2D eigenvalue weighted by atomic mass is 10.2. The quantitative estimate of drug-likeness (QED) is 0.784. The number of phenolic OH excluding ortho intramolecular Hbond substituents is 1. The number of nitrogens with zero attached hydrogens (tertiary/aromatic N) is 2. The van der Waals surface area contributed by atoms with E-state index in [0.29, 0.717) is 12.4 Å². The smallest absolute Gasteiger partial charge is 0.167 e. The SMILES string of the molecule is NC(=S)c1nccn1Cc1ccc(O)cc1. The van der Waals surface area contributed by atoms with E-state index in [9.17, 15) is 0 Å². The molecular formula is C11H11N3OS. The molecule has 5 heteroatoms. The summed E-state index contributed by atoms with van der Waals surface area (Å²) in [5.41, 5.74) is 6.59. The number of aromatic nitrogens is 2. The Morgan fingerprint density at radius 1 is 1.38 bits per heavy atom. The minimum atomic E-state index is 0.254. The van der Waals surface area contributed by atoms with Gasteiger partial charge in [-0.15, -0.1) is 0 Å². The lowest BCUT2D eigenvalue weighted by Gasteiger charge is -2.06. The summed E-state index contributed by atoms with van der Waals surface area (Å²) in [6, 6.07) is 6.98. The molecule has 4 nitrogen and oxygen atoms in total. The van der Waals surface area contributed by atoms with Crippen LogP contribution < -0.4 is 5.73 Å². The molecule has 0 fully saturated rings. The molecule has 0 radical (unpaired) electrons. The van der Waals surface area contributed by atoms with Crippen LogP contribution in [0.2, 0.25) is 0 Å². The van der Waals surface area contributed by atoms with Gasteiger partial charge < -0.3 is 15.4 Å². The van der Waals surface area contributed by atoms with Crippen molar-refractivity contribution in [1.29, 1.82) is 0 Å². The molecule has 0 atom stereocenters. The molecule has 0 spiro atoms. The van der Waals surface area contributed by atoms with Crippen LogP contribution in [0.3, 0.4) is 0 Å². The van der Waals surface area contributed by atoms with E-state index in [2.05, 4.69) is 4.98 Å². The average molecular weight is 233 g/mol. The second-order valence-corrected chi connectivity index (χ2v) is 3.85. The molecule has 0 amide bonds. The zero-order valence-corrected chi connectivity index (χ0v) is 9.31. The summed E-state index contributed by atoms with van der Waals surface area (Å²) < 4.78 is 1.87. The summed E-state index contributed by atoms with van der Waals surface area (Å²) in [6.07, 6.45) is 3.48. The first kappa shape index (κ1) is 10.6. The Morgan fingerprint density at radius 2 is 2.06 bits per heavy atom. The van der Waals surface area contributed by atoms with Crippen LogP contribution in [0, 0.1) is 0 Å². The summed E-state index contributed by atoms with van der Waals surface area (Å²) in [6.45, 7) is 0.632. The van der Waals surface area contributed by atoms with Crippen molar-refractivity contribution in [3.05, 3.63) is 48.0 Å². The third-order valence-electron chi connectivity index (χ3n) is 2.23. The summed E-state index contributed by atoms with van der Waals surface area (Å²) >= 11 is 4.89. The highest BCUT2D eigenvalue weighted by Gasteiger charge is 2.05. The number of phenols is 1. The molecular weight excluding hydrogens is 222 g/mol. The summed E-state index contributed by atoms with van der Waals surface area (Å²) in [5, 5.41) is 9.17. The molecule has 0 saturated heterocycles. The normalized spacial score (nSPS) is 10.2. The largest absolute Gasteiger partial charge is 0.508 e. The molecule has 0 unspecified atom stereocenters. The Bertz CT molecular complexity index is 504. The maximum atomic E-state index is 9.17. The van der Waals surface area contributed by atoms with E-state index in [1.54, 1.807) is 18.3 Å². The second-order valence-electron chi connectivity index (χ2n) is 3.41. The Morgan fingerprint density at radius 3 is 2.69 bits per heavy atom. The summed E-state index contributed by atoms with van der Waals surface area (Å²) in [7, 11) is 0. The molecule has 16 heavy (non-hydrogen) atoms. The Balaban J connectivity index is 2.23. The first-order chi connectivity index (χ1) is 7.66. The number of imidazole rings is 1. The van der Waals surface area contributed by atoms with E-state index in [-0.39, 0.29) is 10.7 Å². The van der Waals surface area contributed by atoms with Crippen LogP contribution in [0.5, 0.6) is 5.75 Å². The van der Waals surface area contributed by atoms with Gasteiger partial charge in [-0.05, 0) is 17.7 Å². The molecule has 2 aromatic rings. The van der Waals surface area contributed by atoms with Gasteiger partial charge >= 0.3 is 0 Å². The molecule has 3 N–H and O–H groups in total. The van der Waals surface area contributed by atoms with Crippen molar-refractivity contribution in [2.24, 2.45) is 5.73 Å². The minimum absolute atomic E-state index is 0.254. The zero-order chi connectivity index (χ0) is 11.5. The van der Waals surface area contributed by atoms with E-state index < -0.39 is 0 Å². The number of hydrogen-bond donors (Lipinski definition) is 2. The molecule has 1 aromatic heterocycles. The maximum Gasteiger partial charge on any atom is 0.167 e. The van der Waals surface area contributed by atoms with Crippen LogP contribution in [0.4, 0.5) is 0 Å². The third kappa shape index (κ3) is 2.20. The number of thiocarbonyl (C=S) groups is 1. The lowest BCUT2D eigenvalue weighted by molar-refractivity contribution is 0.475. The number of hydrogen-bond acceptors (Lipinski definition) is 3. The highest BCUT2D eigenvalue weighted by Crippen LogP contribution is 2.11. The van der Waals surface area contributed by atoms with Crippen molar-refractivity contribution in [2.45, 2.75) is 6.54 Å². The van der Waals surface area contributed by atoms with E-state index in [1.807, 2.05) is 22.9 Å². The van der Waals surface area contributed by atoms with Gasteiger partial charge in [-0.3, -0.25) is 0 Å². The molecule has 1 aromatic carbocycles. The van der Waals surface area contributed by atoms with Crippen LogP contribution in [0.25, 0.3) is 0 Å². The van der Waals surface area contributed by atoms with Crippen molar-refractivity contribution in [1.82, 2.24) is 9.55 Å². The van der Waals surface area contributed by atoms with E-state index in [0.717, 1.165) is 5.56 Å². The number of rotatable bonds is 3. The van der Waals surface area contributed by atoms with Gasteiger partial charge in [-0.25, -0.2) is 4.98 Å². The Labute approximate surface area is 98.4 Å². The number of benzene rings is 1. The van der Waals surface area contributed by atoms with Crippen molar-refractivity contribution < 1.29 is 5.11 Å². The molecule has 1 heterocycles. The molecule has 0 aliphatic rings.